The molecule has 2 atom stereocenters. The number of fused-ring (bicyclic) bond motifs is 1. The average Bonchev–Trinajstić information content (AvgIpc) is 2.98. The summed E-state index contributed by atoms with van der Waals surface area (Å²) < 4.78 is 15.5. The summed E-state index contributed by atoms with van der Waals surface area (Å²) >= 11 is 0. The molecule has 1 saturated carbocycles. The second-order valence-corrected chi connectivity index (χ2v) is 9.01. The van der Waals surface area contributed by atoms with Gasteiger partial charge < -0.3 is 15.0 Å². The zero-order valence-corrected chi connectivity index (χ0v) is 16.9. The fourth-order valence-electron chi connectivity index (χ4n) is 4.84. The lowest BCUT2D eigenvalue weighted by Gasteiger charge is -2.40. The Balaban J connectivity index is 1.82. The standard InChI is InChI=1S/C23H26FN3O2/c1-14-10-18(13-23(2,3)12-14)27-20-9-4-15(21(28)29)11-19(20)26-22(27)25-17-7-5-16(24)6-8-17/h4-9,11,14,18H,10,12-13H2,1-3H3,(H,25,26)(H,28,29)/t14-,18+/m1/s1. The summed E-state index contributed by atoms with van der Waals surface area (Å²) in [4.78, 5) is 16.1. The van der Waals surface area contributed by atoms with Gasteiger partial charge in [0, 0.05) is 11.7 Å². The van der Waals surface area contributed by atoms with E-state index in [9.17, 15) is 14.3 Å². The number of aromatic nitrogens is 2. The Hall–Kier alpha value is -2.89. The summed E-state index contributed by atoms with van der Waals surface area (Å²) in [5.41, 5.74) is 2.73. The molecule has 1 aliphatic carbocycles. The number of carbonyl (C=O) groups is 1. The van der Waals surface area contributed by atoms with Crippen LogP contribution in [0.5, 0.6) is 0 Å². The van der Waals surface area contributed by atoms with Crippen LogP contribution >= 0.6 is 0 Å². The van der Waals surface area contributed by atoms with Crippen LogP contribution in [0.25, 0.3) is 11.0 Å². The molecule has 1 aliphatic rings. The van der Waals surface area contributed by atoms with Gasteiger partial charge in [0.25, 0.3) is 0 Å². The number of nitrogens with zero attached hydrogens (tertiary/aromatic N) is 2. The predicted octanol–water partition coefficient (Wildman–Crippen LogP) is 6.00. The smallest absolute Gasteiger partial charge is 0.335 e. The van der Waals surface area contributed by atoms with Gasteiger partial charge in [-0.15, -0.1) is 0 Å². The molecular formula is C23H26FN3O2. The summed E-state index contributed by atoms with van der Waals surface area (Å²) in [6.45, 7) is 6.87. The van der Waals surface area contributed by atoms with Gasteiger partial charge in [-0.1, -0.05) is 20.8 Å². The Bertz CT molecular complexity index is 1060. The highest BCUT2D eigenvalue weighted by Crippen LogP contribution is 2.46. The van der Waals surface area contributed by atoms with E-state index in [1.807, 2.05) is 6.07 Å². The number of aromatic carboxylic acids is 1. The number of halogens is 1. The summed E-state index contributed by atoms with van der Waals surface area (Å²) in [5, 5.41) is 12.7. The number of imidazole rings is 1. The largest absolute Gasteiger partial charge is 0.478 e. The summed E-state index contributed by atoms with van der Waals surface area (Å²) in [6, 6.07) is 11.5. The normalized spacial score (nSPS) is 21.2. The van der Waals surface area contributed by atoms with Gasteiger partial charge in [0.15, 0.2) is 0 Å². The first-order valence-electron chi connectivity index (χ1n) is 10.00. The lowest BCUT2D eigenvalue weighted by Crippen LogP contribution is -2.29. The van der Waals surface area contributed by atoms with E-state index in [0.29, 0.717) is 17.4 Å². The molecule has 0 spiro atoms. The molecule has 2 aromatic carbocycles. The van der Waals surface area contributed by atoms with E-state index >= 15 is 0 Å². The first-order valence-corrected chi connectivity index (χ1v) is 10.00. The molecule has 0 bridgehead atoms. The van der Waals surface area contributed by atoms with Gasteiger partial charge in [-0.25, -0.2) is 14.2 Å². The summed E-state index contributed by atoms with van der Waals surface area (Å²) in [7, 11) is 0. The van der Waals surface area contributed by atoms with Crippen LogP contribution in [-0.2, 0) is 0 Å². The van der Waals surface area contributed by atoms with E-state index in [0.717, 1.165) is 24.0 Å². The van der Waals surface area contributed by atoms with Crippen molar-refractivity contribution in [1.29, 1.82) is 0 Å². The van der Waals surface area contributed by atoms with Gasteiger partial charge in [0.1, 0.15) is 5.82 Å². The van der Waals surface area contributed by atoms with E-state index in [-0.39, 0.29) is 22.8 Å². The number of carboxylic acids is 1. The Kier molecular flexibility index (Phi) is 4.81. The molecule has 4 rings (SSSR count). The Labute approximate surface area is 169 Å². The van der Waals surface area contributed by atoms with Gasteiger partial charge >= 0.3 is 5.97 Å². The van der Waals surface area contributed by atoms with Crippen LogP contribution in [0.15, 0.2) is 42.5 Å². The van der Waals surface area contributed by atoms with Crippen LogP contribution in [0.4, 0.5) is 16.0 Å². The highest BCUT2D eigenvalue weighted by molar-refractivity contribution is 5.93. The minimum atomic E-state index is -0.970. The zero-order chi connectivity index (χ0) is 20.8. The van der Waals surface area contributed by atoms with Crippen LogP contribution in [-0.4, -0.2) is 20.6 Å². The molecule has 29 heavy (non-hydrogen) atoms. The van der Waals surface area contributed by atoms with E-state index in [1.165, 1.54) is 18.6 Å². The van der Waals surface area contributed by atoms with Crippen LogP contribution in [0, 0.1) is 17.2 Å². The number of hydrogen-bond donors (Lipinski definition) is 2. The van der Waals surface area contributed by atoms with E-state index in [1.54, 1.807) is 24.3 Å². The van der Waals surface area contributed by atoms with Crippen LogP contribution in [0.1, 0.15) is 56.4 Å². The molecule has 2 N–H and O–H groups in total. The number of carboxylic acid groups (broad SMARTS) is 1. The third-order valence-corrected chi connectivity index (χ3v) is 5.77. The average molecular weight is 395 g/mol. The molecule has 6 heteroatoms. The third-order valence-electron chi connectivity index (χ3n) is 5.77. The van der Waals surface area contributed by atoms with Crippen molar-refractivity contribution in [1.82, 2.24) is 9.55 Å². The highest BCUT2D eigenvalue weighted by atomic mass is 19.1. The van der Waals surface area contributed by atoms with Crippen molar-refractivity contribution in [3.63, 3.8) is 0 Å². The molecular weight excluding hydrogens is 369 g/mol. The molecule has 0 radical (unpaired) electrons. The maximum atomic E-state index is 13.3. The maximum Gasteiger partial charge on any atom is 0.335 e. The molecule has 0 aliphatic heterocycles. The fraction of sp³-hybridized carbons (Fsp3) is 0.391. The van der Waals surface area contributed by atoms with Crippen molar-refractivity contribution < 1.29 is 14.3 Å². The molecule has 1 heterocycles. The summed E-state index contributed by atoms with van der Waals surface area (Å²) in [5.74, 6) is -0.0258. The monoisotopic (exact) mass is 395 g/mol. The minimum Gasteiger partial charge on any atom is -0.478 e. The minimum absolute atomic E-state index is 0.215. The predicted molar refractivity (Wildman–Crippen MR) is 112 cm³/mol. The number of rotatable bonds is 4. The SMILES string of the molecule is C[C@@H]1C[C@H](n2c(Nc3ccc(F)cc3)nc3cc(C(=O)O)ccc32)CC(C)(C)C1. The van der Waals surface area contributed by atoms with Crippen LogP contribution < -0.4 is 5.32 Å². The summed E-state index contributed by atoms with van der Waals surface area (Å²) in [6.07, 6.45) is 3.23. The van der Waals surface area contributed by atoms with Crippen LogP contribution in [0.2, 0.25) is 0 Å². The van der Waals surface area contributed by atoms with Crippen LogP contribution in [0.3, 0.4) is 0 Å². The number of benzene rings is 2. The Morgan fingerprint density at radius 3 is 2.59 bits per heavy atom. The molecule has 0 saturated heterocycles. The lowest BCUT2D eigenvalue weighted by atomic mass is 9.70. The first kappa shape index (κ1) is 19.4. The maximum absolute atomic E-state index is 13.3. The number of anilines is 2. The number of nitrogens with one attached hydrogen (secondary N) is 1. The highest BCUT2D eigenvalue weighted by Gasteiger charge is 2.34. The molecule has 1 aromatic heterocycles. The van der Waals surface area contributed by atoms with Gasteiger partial charge in [-0.05, 0) is 73.1 Å². The van der Waals surface area contributed by atoms with Crippen molar-refractivity contribution >= 4 is 28.6 Å². The third kappa shape index (κ3) is 3.97. The van der Waals surface area contributed by atoms with Crippen molar-refractivity contribution in [2.24, 2.45) is 11.3 Å². The Morgan fingerprint density at radius 1 is 1.21 bits per heavy atom. The van der Waals surface area contributed by atoms with Gasteiger partial charge in [0.2, 0.25) is 5.95 Å². The lowest BCUT2D eigenvalue weighted by molar-refractivity contribution is 0.0697. The molecule has 3 aromatic rings. The quantitative estimate of drug-likeness (QED) is 0.568. The van der Waals surface area contributed by atoms with Crippen molar-refractivity contribution in [3.05, 3.63) is 53.8 Å². The molecule has 0 unspecified atom stereocenters. The first-order chi connectivity index (χ1) is 13.7. The second kappa shape index (κ2) is 7.17. The van der Waals surface area contributed by atoms with Gasteiger partial charge in [-0.3, -0.25) is 0 Å². The zero-order valence-electron chi connectivity index (χ0n) is 16.9. The fourth-order valence-corrected chi connectivity index (χ4v) is 4.84. The second-order valence-electron chi connectivity index (χ2n) is 9.01. The van der Waals surface area contributed by atoms with Gasteiger partial charge in [-0.2, -0.15) is 0 Å². The molecule has 0 amide bonds. The van der Waals surface area contributed by atoms with Crippen molar-refractivity contribution in [3.8, 4) is 0 Å². The molecule has 152 valence electrons. The molecule has 1 fully saturated rings. The van der Waals surface area contributed by atoms with E-state index in [2.05, 4.69) is 30.7 Å². The van der Waals surface area contributed by atoms with Crippen molar-refractivity contribution in [2.45, 2.75) is 46.1 Å². The van der Waals surface area contributed by atoms with Gasteiger partial charge in [0.05, 0.1) is 16.6 Å². The number of hydrogen-bond acceptors (Lipinski definition) is 3. The molecule has 5 nitrogen and oxygen atoms in total. The van der Waals surface area contributed by atoms with E-state index < -0.39 is 5.97 Å². The Morgan fingerprint density at radius 2 is 1.93 bits per heavy atom. The van der Waals surface area contributed by atoms with E-state index in [4.69, 9.17) is 4.98 Å². The topological polar surface area (TPSA) is 67.2 Å². The van der Waals surface area contributed by atoms with Crippen molar-refractivity contribution in [2.75, 3.05) is 5.32 Å².